The molecule has 11 heavy (non-hydrogen) atoms. The molecule has 0 aliphatic rings. The number of hydrogen-bond acceptors (Lipinski definition) is 3. The molecular formula is C7H11N3O. The predicted octanol–water partition coefficient (Wildman–Crippen LogP) is -0.0475. The maximum atomic E-state index is 8.58. The second-order valence-electron chi connectivity index (χ2n) is 1.81. The SMILES string of the molecule is NC=O.Nc1cccc(N)c1. The summed E-state index contributed by atoms with van der Waals surface area (Å²) in [7, 11) is 0. The molecule has 0 aliphatic heterocycles. The van der Waals surface area contributed by atoms with Crippen molar-refractivity contribution in [3.05, 3.63) is 24.3 Å². The van der Waals surface area contributed by atoms with Crippen molar-refractivity contribution in [2.45, 2.75) is 0 Å². The Balaban J connectivity index is 0.000000292. The normalized spacial score (nSPS) is 7.64. The van der Waals surface area contributed by atoms with Gasteiger partial charge in [0, 0.05) is 11.4 Å². The number of rotatable bonds is 0. The Bertz CT molecular complexity index is 207. The molecule has 0 aromatic heterocycles. The highest BCUT2D eigenvalue weighted by molar-refractivity contribution is 5.50. The van der Waals surface area contributed by atoms with Crippen molar-refractivity contribution >= 4 is 17.8 Å². The summed E-state index contributed by atoms with van der Waals surface area (Å²) in [4.78, 5) is 8.58. The van der Waals surface area contributed by atoms with Gasteiger partial charge in [-0.3, -0.25) is 4.79 Å². The molecule has 0 aliphatic carbocycles. The molecule has 4 nitrogen and oxygen atoms in total. The molecule has 0 bridgehead atoms. The van der Waals surface area contributed by atoms with Crippen LogP contribution in [0.5, 0.6) is 0 Å². The molecule has 6 N–H and O–H groups in total. The monoisotopic (exact) mass is 153 g/mol. The van der Waals surface area contributed by atoms with Crippen LogP contribution >= 0.6 is 0 Å². The Kier molecular flexibility index (Phi) is 4.31. The molecule has 1 rings (SSSR count). The Hall–Kier alpha value is -1.71. The van der Waals surface area contributed by atoms with Crippen molar-refractivity contribution in [2.75, 3.05) is 11.5 Å². The first-order chi connectivity index (χ1) is 5.20. The van der Waals surface area contributed by atoms with Gasteiger partial charge in [-0.15, -0.1) is 0 Å². The zero-order valence-corrected chi connectivity index (χ0v) is 6.03. The number of carbonyl (C=O) groups excluding carboxylic acids is 1. The van der Waals surface area contributed by atoms with E-state index in [9.17, 15) is 0 Å². The molecule has 1 amide bonds. The van der Waals surface area contributed by atoms with Crippen LogP contribution in [0, 0.1) is 0 Å². The van der Waals surface area contributed by atoms with Crippen LogP contribution in [-0.2, 0) is 4.79 Å². The Labute approximate surface area is 65.0 Å². The minimum absolute atomic E-state index is 0.250. The third kappa shape index (κ3) is 4.77. The molecule has 60 valence electrons. The average molecular weight is 153 g/mol. The lowest BCUT2D eigenvalue weighted by Gasteiger charge is -1.91. The van der Waals surface area contributed by atoms with Crippen molar-refractivity contribution in [1.82, 2.24) is 0 Å². The van der Waals surface area contributed by atoms with Crippen molar-refractivity contribution in [2.24, 2.45) is 5.73 Å². The molecule has 1 aromatic carbocycles. The summed E-state index contributed by atoms with van der Waals surface area (Å²) in [5.41, 5.74) is 16.3. The molecule has 0 fully saturated rings. The van der Waals surface area contributed by atoms with Gasteiger partial charge in [-0.05, 0) is 18.2 Å². The molecule has 0 unspecified atom stereocenters. The predicted molar refractivity (Wildman–Crippen MR) is 45.5 cm³/mol. The molecule has 0 saturated carbocycles. The molecule has 0 saturated heterocycles. The topological polar surface area (TPSA) is 95.1 Å². The number of benzene rings is 1. The lowest BCUT2D eigenvalue weighted by Crippen LogP contribution is -1.87. The summed E-state index contributed by atoms with van der Waals surface area (Å²) in [6, 6.07) is 7.15. The smallest absolute Gasteiger partial charge is 0.204 e. The third-order valence-corrected chi connectivity index (χ3v) is 0.911. The Morgan fingerprint density at radius 1 is 1.18 bits per heavy atom. The summed E-state index contributed by atoms with van der Waals surface area (Å²) < 4.78 is 0. The first kappa shape index (κ1) is 9.29. The van der Waals surface area contributed by atoms with Crippen LogP contribution in [0.2, 0.25) is 0 Å². The number of anilines is 2. The second-order valence-corrected chi connectivity index (χ2v) is 1.81. The van der Waals surface area contributed by atoms with E-state index in [-0.39, 0.29) is 6.41 Å². The van der Waals surface area contributed by atoms with Gasteiger partial charge in [0.2, 0.25) is 6.41 Å². The number of carbonyl (C=O) groups is 1. The summed E-state index contributed by atoms with van der Waals surface area (Å²) >= 11 is 0. The lowest BCUT2D eigenvalue weighted by atomic mass is 10.3. The number of hydrogen-bond donors (Lipinski definition) is 3. The Morgan fingerprint density at radius 3 is 1.73 bits per heavy atom. The van der Waals surface area contributed by atoms with Crippen LogP contribution in [-0.4, -0.2) is 6.41 Å². The van der Waals surface area contributed by atoms with Gasteiger partial charge in [0.25, 0.3) is 0 Å². The van der Waals surface area contributed by atoms with Crippen molar-refractivity contribution < 1.29 is 4.79 Å². The van der Waals surface area contributed by atoms with Gasteiger partial charge in [0.15, 0.2) is 0 Å². The molecule has 0 heterocycles. The number of nitrogen functional groups attached to an aromatic ring is 2. The van der Waals surface area contributed by atoms with E-state index in [1.807, 2.05) is 6.07 Å². The van der Waals surface area contributed by atoms with Gasteiger partial charge in [-0.2, -0.15) is 0 Å². The molecule has 1 aromatic rings. The van der Waals surface area contributed by atoms with Crippen molar-refractivity contribution in [3.63, 3.8) is 0 Å². The van der Waals surface area contributed by atoms with E-state index in [1.165, 1.54) is 0 Å². The average Bonchev–Trinajstić information content (AvgIpc) is 1.88. The molecule has 0 atom stereocenters. The van der Waals surface area contributed by atoms with Gasteiger partial charge in [-0.25, -0.2) is 0 Å². The summed E-state index contributed by atoms with van der Waals surface area (Å²) in [5.74, 6) is 0. The van der Waals surface area contributed by atoms with Gasteiger partial charge in [-0.1, -0.05) is 6.07 Å². The van der Waals surface area contributed by atoms with Gasteiger partial charge < -0.3 is 17.2 Å². The van der Waals surface area contributed by atoms with E-state index >= 15 is 0 Å². The van der Waals surface area contributed by atoms with Crippen LogP contribution in [0.3, 0.4) is 0 Å². The maximum Gasteiger partial charge on any atom is 0.204 e. The first-order valence-corrected chi connectivity index (χ1v) is 2.97. The highest BCUT2D eigenvalue weighted by Crippen LogP contribution is 2.06. The summed E-state index contributed by atoms with van der Waals surface area (Å²) in [6.45, 7) is 0. The van der Waals surface area contributed by atoms with Crippen LogP contribution in [0.25, 0.3) is 0 Å². The minimum atomic E-state index is 0.250. The van der Waals surface area contributed by atoms with Crippen molar-refractivity contribution in [3.8, 4) is 0 Å². The standard InChI is InChI=1S/C6H8N2.CH3NO/c7-5-2-1-3-6(8)4-5;2-1-3/h1-4H,7-8H2;1H,(H2,2,3). The van der Waals surface area contributed by atoms with Gasteiger partial charge >= 0.3 is 0 Å². The Morgan fingerprint density at radius 2 is 1.55 bits per heavy atom. The van der Waals surface area contributed by atoms with E-state index in [1.54, 1.807) is 18.2 Å². The zero-order valence-electron chi connectivity index (χ0n) is 6.03. The number of nitrogens with two attached hydrogens (primary N) is 3. The zero-order chi connectivity index (χ0) is 8.69. The third-order valence-electron chi connectivity index (χ3n) is 0.911. The lowest BCUT2D eigenvalue weighted by molar-refractivity contribution is -0.106. The first-order valence-electron chi connectivity index (χ1n) is 2.97. The van der Waals surface area contributed by atoms with Crippen LogP contribution < -0.4 is 17.2 Å². The van der Waals surface area contributed by atoms with E-state index in [0.717, 1.165) is 0 Å². The van der Waals surface area contributed by atoms with Crippen LogP contribution in [0.1, 0.15) is 0 Å². The fourth-order valence-electron chi connectivity index (χ4n) is 0.559. The van der Waals surface area contributed by atoms with E-state index in [4.69, 9.17) is 16.3 Å². The summed E-state index contributed by atoms with van der Waals surface area (Å²) in [5, 5.41) is 0. The van der Waals surface area contributed by atoms with E-state index < -0.39 is 0 Å². The van der Waals surface area contributed by atoms with Crippen molar-refractivity contribution in [1.29, 1.82) is 0 Å². The quantitative estimate of drug-likeness (QED) is 0.360. The molecule has 0 radical (unpaired) electrons. The maximum absolute atomic E-state index is 8.58. The number of primary amides is 1. The van der Waals surface area contributed by atoms with E-state index in [0.29, 0.717) is 11.4 Å². The minimum Gasteiger partial charge on any atom is -0.399 e. The molecular weight excluding hydrogens is 142 g/mol. The number of amides is 1. The van der Waals surface area contributed by atoms with E-state index in [2.05, 4.69) is 5.73 Å². The molecule has 0 spiro atoms. The van der Waals surface area contributed by atoms with Crippen LogP contribution in [0.4, 0.5) is 11.4 Å². The van der Waals surface area contributed by atoms with Gasteiger partial charge in [0.1, 0.15) is 0 Å². The fraction of sp³-hybridized carbons (Fsp3) is 0. The van der Waals surface area contributed by atoms with Crippen LogP contribution in [0.15, 0.2) is 24.3 Å². The fourth-order valence-corrected chi connectivity index (χ4v) is 0.559. The molecule has 4 heteroatoms. The highest BCUT2D eigenvalue weighted by Gasteiger charge is 1.81. The highest BCUT2D eigenvalue weighted by atomic mass is 16.1. The second kappa shape index (κ2) is 5.10. The largest absolute Gasteiger partial charge is 0.399 e. The summed E-state index contributed by atoms with van der Waals surface area (Å²) in [6.07, 6.45) is 0.250. The van der Waals surface area contributed by atoms with Gasteiger partial charge in [0.05, 0.1) is 0 Å².